The molecular weight excluding hydrogens is 463 g/mol. The Bertz CT molecular complexity index is 1170. The number of H-pyrrole nitrogens is 1. The highest BCUT2D eigenvalue weighted by atomic mass is 31.2. The smallest absolute Gasteiger partial charge is 0.370 e. The summed E-state index contributed by atoms with van der Waals surface area (Å²) >= 11 is 0. The Morgan fingerprint density at radius 3 is 2.91 bits per heavy atom. The number of rotatable bonds is 8. The number of phosphoric acid groups is 1. The van der Waals surface area contributed by atoms with Crippen molar-refractivity contribution in [2.75, 3.05) is 12.3 Å². The summed E-state index contributed by atoms with van der Waals surface area (Å²) in [5.74, 6) is -1.02. The molecule has 4 rings (SSSR count). The van der Waals surface area contributed by atoms with Gasteiger partial charge < -0.3 is 45.3 Å². The molecule has 0 aromatic carbocycles. The molecule has 1 fully saturated rings. The third-order valence-electron chi connectivity index (χ3n) is 4.95. The zero-order chi connectivity index (χ0) is 23.8. The molecule has 8 N–H and O–H groups in total. The van der Waals surface area contributed by atoms with Gasteiger partial charge in [-0.2, -0.15) is 0 Å². The number of quaternary nitrogens is 1. The standard InChI is InChI=1S/C16H21N8O8P/c17-8(1-7-2-19-4-20-7)16(27)32-33(28,29)30-3-9-11(25)12(26)15(31-9)24-6-23-10-13(18)21-5-22-14(10)24/h2,4-6,8-9,11-12,15,25-26H,1,3,17H2,(H,19,20)(H,28,29)(H2,18,21,22)/t8-,9+,11+,12-,15-/m1/s1. The van der Waals surface area contributed by atoms with E-state index in [-0.39, 0.29) is 23.4 Å². The molecular formula is C16H21N8O8P. The summed E-state index contributed by atoms with van der Waals surface area (Å²) in [6.45, 7) is -0.727. The molecule has 16 nitrogen and oxygen atoms in total. The minimum absolute atomic E-state index is 0.0735. The summed E-state index contributed by atoms with van der Waals surface area (Å²) in [7, 11) is -5.11. The van der Waals surface area contributed by atoms with Crippen molar-refractivity contribution in [3.63, 3.8) is 0 Å². The number of carbonyl (C=O) groups is 1. The average Bonchev–Trinajstić information content (AvgIpc) is 3.48. The van der Waals surface area contributed by atoms with Crippen molar-refractivity contribution >= 4 is 30.8 Å². The van der Waals surface area contributed by atoms with Crippen LogP contribution in [0.15, 0.2) is 25.2 Å². The fourth-order valence-electron chi connectivity index (χ4n) is 3.27. The molecule has 0 bridgehead atoms. The topological polar surface area (TPSA) is 251 Å². The van der Waals surface area contributed by atoms with Crippen LogP contribution < -0.4 is 16.4 Å². The molecule has 0 amide bonds. The number of nitrogens with two attached hydrogens (primary N) is 1. The normalized spacial score (nSPS) is 25.7. The number of phosphoric ester groups is 1. The molecule has 33 heavy (non-hydrogen) atoms. The first-order valence-corrected chi connectivity index (χ1v) is 11.1. The first kappa shape index (κ1) is 23.2. The Morgan fingerprint density at radius 2 is 2.18 bits per heavy atom. The zero-order valence-electron chi connectivity index (χ0n) is 16.9. The molecule has 178 valence electrons. The summed E-state index contributed by atoms with van der Waals surface area (Å²) in [6.07, 6.45) is -0.0246. The lowest BCUT2D eigenvalue weighted by atomic mass is 10.1. The van der Waals surface area contributed by atoms with Crippen LogP contribution in [0.2, 0.25) is 0 Å². The van der Waals surface area contributed by atoms with Gasteiger partial charge in [-0.05, 0) is 0 Å². The molecule has 0 saturated carbocycles. The molecule has 1 saturated heterocycles. The number of hydrogen-bond acceptors (Lipinski definition) is 13. The summed E-state index contributed by atoms with van der Waals surface area (Å²) in [4.78, 5) is 42.6. The van der Waals surface area contributed by atoms with Crippen molar-refractivity contribution in [2.45, 2.75) is 37.0 Å². The molecule has 17 heteroatoms. The summed E-state index contributed by atoms with van der Waals surface area (Å²) in [5, 5.41) is 20.7. The third kappa shape index (κ3) is 4.86. The van der Waals surface area contributed by atoms with Crippen molar-refractivity contribution in [3.05, 3.63) is 30.9 Å². The number of nitrogens with zero attached hydrogens (tertiary/aromatic N) is 5. The average molecular weight is 484 g/mol. The second kappa shape index (κ2) is 9.11. The Labute approximate surface area is 185 Å². The quantitative estimate of drug-likeness (QED) is 0.196. The van der Waals surface area contributed by atoms with Gasteiger partial charge in [0.25, 0.3) is 0 Å². The molecule has 3 aromatic rings. The van der Waals surface area contributed by atoms with Gasteiger partial charge in [-0.1, -0.05) is 0 Å². The Hall–Kier alpha value is -2.98. The van der Waals surface area contributed by atoms with Crippen molar-refractivity contribution in [2.24, 2.45) is 0 Å². The van der Waals surface area contributed by atoms with Gasteiger partial charge in [0.05, 0.1) is 25.7 Å². The van der Waals surface area contributed by atoms with Crippen LogP contribution in [0.25, 0.3) is 11.2 Å². The van der Waals surface area contributed by atoms with E-state index in [0.717, 1.165) is 0 Å². The van der Waals surface area contributed by atoms with Crippen LogP contribution >= 0.6 is 7.82 Å². The number of carbonyl (C=O) groups excluding carboxylic acids is 1. The number of aliphatic hydroxyl groups excluding tert-OH is 2. The van der Waals surface area contributed by atoms with Crippen LogP contribution in [0.4, 0.5) is 5.82 Å². The monoisotopic (exact) mass is 484 g/mol. The number of aromatic nitrogens is 6. The number of imidazole rings is 2. The molecule has 4 heterocycles. The molecule has 0 spiro atoms. The molecule has 3 aromatic heterocycles. The third-order valence-corrected chi connectivity index (χ3v) is 5.82. The molecule has 0 radical (unpaired) electrons. The first-order valence-electron chi connectivity index (χ1n) is 9.60. The van der Waals surface area contributed by atoms with Gasteiger partial charge in [-0.3, -0.25) is 9.13 Å². The fraction of sp³-hybridized carbons (Fsp3) is 0.438. The minimum Gasteiger partial charge on any atom is -0.746 e. The van der Waals surface area contributed by atoms with Crippen molar-refractivity contribution in [3.8, 4) is 0 Å². The molecule has 0 aliphatic carbocycles. The van der Waals surface area contributed by atoms with Crippen LogP contribution in [0.3, 0.4) is 0 Å². The maximum absolute atomic E-state index is 12.1. The summed E-state index contributed by atoms with van der Waals surface area (Å²) in [5.41, 5.74) is 10.4. The van der Waals surface area contributed by atoms with Gasteiger partial charge in [-0.25, -0.2) is 24.7 Å². The van der Waals surface area contributed by atoms with Crippen molar-refractivity contribution < 1.29 is 44.0 Å². The van der Waals surface area contributed by atoms with E-state index in [9.17, 15) is 24.5 Å². The van der Waals surface area contributed by atoms with Gasteiger partial charge in [-0.15, -0.1) is 0 Å². The first-order chi connectivity index (χ1) is 15.7. The van der Waals surface area contributed by atoms with Crippen LogP contribution in [0.5, 0.6) is 0 Å². The highest BCUT2D eigenvalue weighted by Crippen LogP contribution is 2.41. The lowest BCUT2D eigenvalue weighted by Crippen LogP contribution is -2.66. The summed E-state index contributed by atoms with van der Waals surface area (Å²) < 4.78 is 28.1. The van der Waals surface area contributed by atoms with Gasteiger partial charge in [0.2, 0.25) is 0 Å². The molecule has 6 atom stereocenters. The predicted molar refractivity (Wildman–Crippen MR) is 104 cm³/mol. The number of aromatic amines is 1. The van der Waals surface area contributed by atoms with Crippen LogP contribution in [-0.4, -0.2) is 76.6 Å². The van der Waals surface area contributed by atoms with E-state index in [0.29, 0.717) is 5.69 Å². The van der Waals surface area contributed by atoms with Gasteiger partial charge in [0.15, 0.2) is 23.7 Å². The number of nitrogens with one attached hydrogen (secondary N) is 1. The number of nitrogen functional groups attached to an aromatic ring is 1. The van der Waals surface area contributed by atoms with Crippen LogP contribution in [-0.2, 0) is 29.6 Å². The lowest BCUT2D eigenvalue weighted by Gasteiger charge is -2.25. The fourth-order valence-corrected chi connectivity index (χ4v) is 4.03. The Balaban J connectivity index is 1.37. The van der Waals surface area contributed by atoms with Gasteiger partial charge >= 0.3 is 13.8 Å². The highest BCUT2D eigenvalue weighted by molar-refractivity contribution is 7.46. The largest absolute Gasteiger partial charge is 0.746 e. The van der Waals surface area contributed by atoms with Gasteiger partial charge in [0, 0.05) is 11.9 Å². The van der Waals surface area contributed by atoms with Crippen LogP contribution in [0.1, 0.15) is 11.9 Å². The molecule has 1 aliphatic heterocycles. The van der Waals surface area contributed by atoms with E-state index in [4.69, 9.17) is 15.0 Å². The van der Waals surface area contributed by atoms with E-state index >= 15 is 0 Å². The van der Waals surface area contributed by atoms with Crippen molar-refractivity contribution in [1.82, 2.24) is 29.5 Å². The second-order valence-corrected chi connectivity index (χ2v) is 8.60. The second-order valence-electron chi connectivity index (χ2n) is 7.26. The number of ether oxygens (including phenoxy) is 1. The maximum Gasteiger partial charge on any atom is 0.370 e. The van der Waals surface area contributed by atoms with E-state index in [1.165, 1.54) is 29.7 Å². The van der Waals surface area contributed by atoms with E-state index in [2.05, 4.69) is 35.2 Å². The maximum atomic E-state index is 12.1. The number of fused-ring (bicyclic) bond motifs is 1. The number of anilines is 1. The molecule has 1 aliphatic rings. The predicted octanol–water partition coefficient (Wildman–Crippen LogP) is -3.37. The van der Waals surface area contributed by atoms with Crippen LogP contribution in [0, 0.1) is 0 Å². The Morgan fingerprint density at radius 1 is 1.39 bits per heavy atom. The number of aliphatic hydroxyl groups is 2. The van der Waals surface area contributed by atoms with E-state index in [1.54, 1.807) is 0 Å². The van der Waals surface area contributed by atoms with Gasteiger partial charge in [0.1, 0.15) is 30.2 Å². The SMILES string of the molecule is Nc1ncnc2c1ncn2[C@@H]1O[C@@H](COP(=O)([O-])OC(=O)[C@H]([NH3+])Cc2cnc[nH]2)[C@H](O)[C@H]1O. The Kier molecular flexibility index (Phi) is 6.40. The highest BCUT2D eigenvalue weighted by Gasteiger charge is 2.45. The zero-order valence-corrected chi connectivity index (χ0v) is 17.8. The van der Waals surface area contributed by atoms with Crippen molar-refractivity contribution in [1.29, 1.82) is 0 Å². The molecule has 1 unspecified atom stereocenters. The summed E-state index contributed by atoms with van der Waals surface area (Å²) in [6, 6.07) is -1.04. The van der Waals surface area contributed by atoms with E-state index in [1.807, 2.05) is 0 Å². The number of hydrogen-bond donors (Lipinski definition) is 5. The minimum atomic E-state index is -5.11. The van der Waals surface area contributed by atoms with E-state index < -0.39 is 51.0 Å². The lowest BCUT2D eigenvalue weighted by molar-refractivity contribution is -0.407.